The van der Waals surface area contributed by atoms with Crippen molar-refractivity contribution in [3.05, 3.63) is 15.8 Å². The third kappa shape index (κ3) is 2.86. The number of ether oxygens (including phenoxy) is 1. The zero-order valence-electron chi connectivity index (χ0n) is 11.3. The van der Waals surface area contributed by atoms with Crippen molar-refractivity contribution in [3.63, 3.8) is 0 Å². The van der Waals surface area contributed by atoms with Crippen molar-refractivity contribution in [1.82, 2.24) is 9.78 Å². The molecule has 2 N–H and O–H groups in total. The van der Waals surface area contributed by atoms with Gasteiger partial charge in [0.05, 0.1) is 4.92 Å². The van der Waals surface area contributed by atoms with Crippen LogP contribution in [0.15, 0.2) is 0 Å². The maximum absolute atomic E-state index is 11.1. The van der Waals surface area contributed by atoms with Crippen LogP contribution in [0.2, 0.25) is 0 Å². The highest BCUT2D eigenvalue weighted by Crippen LogP contribution is 2.33. The van der Waals surface area contributed by atoms with Gasteiger partial charge in [0.1, 0.15) is 11.8 Å². The van der Waals surface area contributed by atoms with Gasteiger partial charge in [-0.25, -0.2) is 4.68 Å². The summed E-state index contributed by atoms with van der Waals surface area (Å²) in [5, 5.41) is 15.3. The van der Waals surface area contributed by atoms with Crippen LogP contribution in [0.4, 0.5) is 5.69 Å². The van der Waals surface area contributed by atoms with Crippen LogP contribution < -0.4 is 10.5 Å². The average Bonchev–Trinajstić information content (AvgIpc) is 2.68. The van der Waals surface area contributed by atoms with Gasteiger partial charge in [-0.1, -0.05) is 0 Å². The number of nitrogens with zero attached hydrogens (tertiary/aromatic N) is 3. The first kappa shape index (κ1) is 13.8. The summed E-state index contributed by atoms with van der Waals surface area (Å²) in [7, 11) is 0. The maximum atomic E-state index is 11.1. The highest BCUT2D eigenvalue weighted by molar-refractivity contribution is 5.45. The molecule has 106 valence electrons. The van der Waals surface area contributed by atoms with E-state index in [0.717, 1.165) is 25.7 Å². The van der Waals surface area contributed by atoms with Gasteiger partial charge in [-0.3, -0.25) is 10.1 Å². The number of aromatic nitrogens is 2. The monoisotopic (exact) mass is 268 g/mol. The lowest BCUT2D eigenvalue weighted by Gasteiger charge is -2.26. The van der Waals surface area contributed by atoms with Crippen LogP contribution in [0, 0.1) is 17.0 Å². The minimum absolute atomic E-state index is 0.0000926. The fourth-order valence-corrected chi connectivity index (χ4v) is 2.46. The van der Waals surface area contributed by atoms with Crippen LogP contribution in [0.25, 0.3) is 0 Å². The fourth-order valence-electron chi connectivity index (χ4n) is 2.46. The van der Waals surface area contributed by atoms with Crippen molar-refractivity contribution in [2.75, 3.05) is 0 Å². The Hall–Kier alpha value is -1.63. The third-order valence-electron chi connectivity index (χ3n) is 3.53. The molecule has 2 rings (SSSR count). The fraction of sp³-hybridized carbons (Fsp3) is 0.750. The summed E-state index contributed by atoms with van der Waals surface area (Å²) in [5.41, 5.74) is 6.23. The van der Waals surface area contributed by atoms with Crippen molar-refractivity contribution < 1.29 is 9.66 Å². The number of rotatable bonds is 4. The zero-order valence-corrected chi connectivity index (χ0v) is 11.3. The normalized spacial score (nSPS) is 23.3. The summed E-state index contributed by atoms with van der Waals surface area (Å²) >= 11 is 0. The summed E-state index contributed by atoms with van der Waals surface area (Å²) in [6.45, 7) is 4.07. The summed E-state index contributed by atoms with van der Waals surface area (Å²) < 4.78 is 7.40. The number of hydrogen-bond donors (Lipinski definition) is 1. The Kier molecular flexibility index (Phi) is 4.04. The quantitative estimate of drug-likeness (QED) is 0.663. The average molecular weight is 268 g/mol. The second-order valence-electron chi connectivity index (χ2n) is 4.97. The van der Waals surface area contributed by atoms with Crippen molar-refractivity contribution in [2.24, 2.45) is 5.73 Å². The van der Waals surface area contributed by atoms with Gasteiger partial charge in [-0.05, 0) is 39.5 Å². The van der Waals surface area contributed by atoms with Gasteiger partial charge in [-0.15, -0.1) is 0 Å². The van der Waals surface area contributed by atoms with E-state index in [4.69, 9.17) is 10.5 Å². The molecule has 0 spiro atoms. The molecule has 1 aromatic heterocycles. The molecule has 0 atom stereocenters. The molecule has 0 bridgehead atoms. The Balaban J connectivity index is 2.21. The van der Waals surface area contributed by atoms with E-state index < -0.39 is 4.92 Å². The largest absolute Gasteiger partial charge is 0.470 e. The van der Waals surface area contributed by atoms with Gasteiger partial charge in [-0.2, -0.15) is 5.10 Å². The smallest absolute Gasteiger partial charge is 0.353 e. The van der Waals surface area contributed by atoms with E-state index >= 15 is 0 Å². The molecule has 7 nitrogen and oxygen atoms in total. The Morgan fingerprint density at radius 2 is 2.11 bits per heavy atom. The first-order chi connectivity index (χ1) is 9.02. The molecule has 0 amide bonds. The molecular weight excluding hydrogens is 248 g/mol. The molecule has 1 fully saturated rings. The maximum Gasteiger partial charge on any atom is 0.353 e. The second kappa shape index (κ2) is 5.56. The molecule has 19 heavy (non-hydrogen) atoms. The molecule has 1 heterocycles. The molecule has 1 saturated carbocycles. The van der Waals surface area contributed by atoms with Gasteiger partial charge in [0.25, 0.3) is 5.88 Å². The highest BCUT2D eigenvalue weighted by Gasteiger charge is 2.30. The molecule has 7 heteroatoms. The predicted molar refractivity (Wildman–Crippen MR) is 70.2 cm³/mol. The Bertz CT molecular complexity index is 464. The SMILES string of the molecule is CCn1nc(C)c([N+](=O)[O-])c1OC1CCC(N)CC1. The van der Waals surface area contributed by atoms with Crippen molar-refractivity contribution in [3.8, 4) is 5.88 Å². The van der Waals surface area contributed by atoms with Crippen molar-refractivity contribution in [1.29, 1.82) is 0 Å². The van der Waals surface area contributed by atoms with Crippen LogP contribution in [0.3, 0.4) is 0 Å². The Morgan fingerprint density at radius 3 is 2.63 bits per heavy atom. The summed E-state index contributed by atoms with van der Waals surface area (Å²) in [4.78, 5) is 10.7. The lowest BCUT2D eigenvalue weighted by atomic mass is 9.94. The van der Waals surface area contributed by atoms with E-state index in [0.29, 0.717) is 12.2 Å². The topological polar surface area (TPSA) is 96.2 Å². The molecule has 1 aliphatic rings. The number of aryl methyl sites for hydroxylation is 2. The van der Waals surface area contributed by atoms with E-state index in [-0.39, 0.29) is 23.7 Å². The molecule has 0 saturated heterocycles. The van der Waals surface area contributed by atoms with Gasteiger partial charge in [0, 0.05) is 12.6 Å². The lowest BCUT2D eigenvalue weighted by Crippen LogP contribution is -2.32. The van der Waals surface area contributed by atoms with Gasteiger partial charge >= 0.3 is 5.69 Å². The summed E-state index contributed by atoms with van der Waals surface area (Å²) in [6.07, 6.45) is 3.48. The minimum atomic E-state index is -0.418. The van der Waals surface area contributed by atoms with Gasteiger partial charge in [0.15, 0.2) is 0 Å². The molecule has 0 radical (unpaired) electrons. The second-order valence-corrected chi connectivity index (χ2v) is 4.97. The summed E-state index contributed by atoms with van der Waals surface area (Å²) in [6, 6.07) is 0.229. The predicted octanol–water partition coefficient (Wildman–Crippen LogP) is 1.77. The van der Waals surface area contributed by atoms with Gasteiger partial charge in [0.2, 0.25) is 0 Å². The van der Waals surface area contributed by atoms with Crippen LogP contribution in [-0.4, -0.2) is 26.8 Å². The van der Waals surface area contributed by atoms with Crippen LogP contribution >= 0.6 is 0 Å². The van der Waals surface area contributed by atoms with Crippen LogP contribution in [-0.2, 0) is 6.54 Å². The first-order valence-corrected chi connectivity index (χ1v) is 6.67. The van der Waals surface area contributed by atoms with E-state index in [1.165, 1.54) is 0 Å². The van der Waals surface area contributed by atoms with Crippen molar-refractivity contribution >= 4 is 5.69 Å². The standard InChI is InChI=1S/C12H20N4O3/c1-3-15-12(11(16(17)18)8(2)14-15)19-10-6-4-9(13)5-7-10/h9-10H,3-7,13H2,1-2H3. The van der Waals surface area contributed by atoms with E-state index in [1.807, 2.05) is 6.92 Å². The van der Waals surface area contributed by atoms with E-state index in [2.05, 4.69) is 5.10 Å². The Morgan fingerprint density at radius 1 is 1.47 bits per heavy atom. The number of hydrogen-bond acceptors (Lipinski definition) is 5. The zero-order chi connectivity index (χ0) is 14.0. The Labute approximate surface area is 111 Å². The highest BCUT2D eigenvalue weighted by atomic mass is 16.6. The van der Waals surface area contributed by atoms with E-state index in [1.54, 1.807) is 11.6 Å². The molecule has 0 aliphatic heterocycles. The van der Waals surface area contributed by atoms with Gasteiger partial charge < -0.3 is 10.5 Å². The molecule has 0 aromatic carbocycles. The summed E-state index contributed by atoms with van der Waals surface area (Å²) in [5.74, 6) is 0.283. The molecule has 1 aromatic rings. The molecule has 1 aliphatic carbocycles. The minimum Gasteiger partial charge on any atom is -0.470 e. The first-order valence-electron chi connectivity index (χ1n) is 6.67. The molecular formula is C12H20N4O3. The number of nitro groups is 1. The third-order valence-corrected chi connectivity index (χ3v) is 3.53. The van der Waals surface area contributed by atoms with E-state index in [9.17, 15) is 10.1 Å². The lowest BCUT2D eigenvalue weighted by molar-refractivity contribution is -0.386. The van der Waals surface area contributed by atoms with Crippen molar-refractivity contribution in [2.45, 2.75) is 58.2 Å². The van der Waals surface area contributed by atoms with Crippen LogP contribution in [0.1, 0.15) is 38.3 Å². The number of nitrogens with two attached hydrogens (primary N) is 1. The molecule has 0 unspecified atom stereocenters. The van der Waals surface area contributed by atoms with Crippen LogP contribution in [0.5, 0.6) is 5.88 Å².